The third kappa shape index (κ3) is 2.03. The fraction of sp³-hybridized carbons (Fsp3) is 0.571. The third-order valence-corrected chi connectivity index (χ3v) is 1.63. The van der Waals surface area contributed by atoms with Crippen molar-refractivity contribution in [3.63, 3.8) is 0 Å². The van der Waals surface area contributed by atoms with Gasteiger partial charge in [0.2, 0.25) is 0 Å². The van der Waals surface area contributed by atoms with Gasteiger partial charge in [-0.25, -0.2) is 0 Å². The average Bonchev–Trinajstić information content (AvgIpc) is 2.13. The van der Waals surface area contributed by atoms with Gasteiger partial charge < -0.3 is 4.74 Å². The molecule has 1 rings (SSSR count). The van der Waals surface area contributed by atoms with Gasteiger partial charge in [0.25, 0.3) is 0 Å². The van der Waals surface area contributed by atoms with E-state index in [0.717, 1.165) is 0 Å². The zero-order chi connectivity index (χ0) is 7.56. The maximum Gasteiger partial charge on any atom is 0.303 e. The largest absolute Gasteiger partial charge is 0.458 e. The van der Waals surface area contributed by atoms with Crippen molar-refractivity contribution in [1.29, 1.82) is 0 Å². The number of carbonyl (C=O) groups is 1. The topological polar surface area (TPSA) is 26.3 Å². The molecule has 0 aromatic heterocycles. The molecule has 0 N–H and O–H groups in total. The van der Waals surface area contributed by atoms with E-state index in [2.05, 4.69) is 0 Å². The summed E-state index contributed by atoms with van der Waals surface area (Å²) in [5.41, 5.74) is 0. The minimum atomic E-state index is -0.250. The number of allylic oxidation sites excluding steroid dienone is 1. The molecule has 2 atom stereocenters. The van der Waals surface area contributed by atoms with Gasteiger partial charge in [0.05, 0.1) is 5.38 Å². The first kappa shape index (κ1) is 7.61. The molecular weight excluding hydrogens is 152 g/mol. The predicted octanol–water partition coefficient (Wildman–Crippen LogP) is 1.49. The van der Waals surface area contributed by atoms with Crippen LogP contribution in [0.1, 0.15) is 13.3 Å². The Labute approximate surface area is 64.8 Å². The molecule has 0 aliphatic heterocycles. The lowest BCUT2D eigenvalue weighted by molar-refractivity contribution is -0.144. The number of halogens is 1. The molecule has 0 amide bonds. The van der Waals surface area contributed by atoms with Gasteiger partial charge in [-0.2, -0.15) is 0 Å². The smallest absolute Gasteiger partial charge is 0.303 e. The lowest BCUT2D eigenvalue weighted by atomic mass is 10.3. The second kappa shape index (κ2) is 3.06. The van der Waals surface area contributed by atoms with E-state index in [-0.39, 0.29) is 17.5 Å². The van der Waals surface area contributed by atoms with Gasteiger partial charge in [-0.05, 0) is 6.08 Å². The fourth-order valence-electron chi connectivity index (χ4n) is 0.924. The summed E-state index contributed by atoms with van der Waals surface area (Å²) in [4.78, 5) is 10.4. The number of hydrogen-bond acceptors (Lipinski definition) is 2. The molecule has 0 aromatic rings. The van der Waals surface area contributed by atoms with Crippen LogP contribution < -0.4 is 0 Å². The number of carbonyl (C=O) groups excluding carboxylic acids is 1. The molecule has 0 aromatic carbocycles. The highest BCUT2D eigenvalue weighted by atomic mass is 35.5. The normalized spacial score (nSPS) is 30.6. The number of rotatable bonds is 1. The van der Waals surface area contributed by atoms with E-state index in [1.54, 1.807) is 0 Å². The predicted molar refractivity (Wildman–Crippen MR) is 39.0 cm³/mol. The minimum Gasteiger partial charge on any atom is -0.458 e. The van der Waals surface area contributed by atoms with E-state index in [0.29, 0.717) is 6.42 Å². The molecule has 0 fully saturated rings. The van der Waals surface area contributed by atoms with Crippen LogP contribution in [0.3, 0.4) is 0 Å². The van der Waals surface area contributed by atoms with Crippen LogP contribution in [0, 0.1) is 0 Å². The highest BCUT2D eigenvalue weighted by molar-refractivity contribution is 6.22. The van der Waals surface area contributed by atoms with Crippen molar-refractivity contribution in [3.05, 3.63) is 12.2 Å². The van der Waals surface area contributed by atoms with E-state index >= 15 is 0 Å². The van der Waals surface area contributed by atoms with E-state index in [4.69, 9.17) is 16.3 Å². The van der Waals surface area contributed by atoms with Crippen molar-refractivity contribution >= 4 is 17.6 Å². The molecular formula is C7H9ClO2. The van der Waals surface area contributed by atoms with Gasteiger partial charge in [0, 0.05) is 13.3 Å². The summed E-state index contributed by atoms with van der Waals surface area (Å²) in [6.45, 7) is 1.40. The third-order valence-electron chi connectivity index (χ3n) is 1.31. The number of hydrogen-bond donors (Lipinski definition) is 0. The van der Waals surface area contributed by atoms with E-state index in [9.17, 15) is 4.79 Å². The maximum absolute atomic E-state index is 10.4. The Morgan fingerprint density at radius 2 is 2.40 bits per heavy atom. The first-order valence-electron chi connectivity index (χ1n) is 3.18. The maximum atomic E-state index is 10.4. The second-order valence-electron chi connectivity index (χ2n) is 2.28. The van der Waals surface area contributed by atoms with Gasteiger partial charge in [-0.1, -0.05) is 6.08 Å². The van der Waals surface area contributed by atoms with Crippen molar-refractivity contribution in [2.45, 2.75) is 24.8 Å². The lowest BCUT2D eigenvalue weighted by Gasteiger charge is -2.07. The molecule has 0 saturated carbocycles. The monoisotopic (exact) mass is 160 g/mol. The molecule has 0 bridgehead atoms. The standard InChI is InChI=1S/C7H9ClO2/c1-5(9)10-7-3-2-6(8)4-7/h2-3,6-7H,4H2,1H3/t6-,7+/m1/s1. The van der Waals surface area contributed by atoms with Gasteiger partial charge in [0.1, 0.15) is 6.10 Å². The Morgan fingerprint density at radius 1 is 1.70 bits per heavy atom. The van der Waals surface area contributed by atoms with Crippen LogP contribution in [0.2, 0.25) is 0 Å². The number of alkyl halides is 1. The molecule has 0 unspecified atom stereocenters. The van der Waals surface area contributed by atoms with Gasteiger partial charge in [0.15, 0.2) is 0 Å². The average molecular weight is 161 g/mol. The molecule has 0 spiro atoms. The van der Waals surface area contributed by atoms with Crippen LogP contribution in [0.25, 0.3) is 0 Å². The molecule has 0 heterocycles. The lowest BCUT2D eigenvalue weighted by Crippen LogP contribution is -2.12. The summed E-state index contributed by atoms with van der Waals surface area (Å²) in [5, 5.41) is 0.0318. The van der Waals surface area contributed by atoms with E-state index in [1.807, 2.05) is 12.2 Å². The number of ether oxygens (including phenoxy) is 1. The van der Waals surface area contributed by atoms with Gasteiger partial charge in [-0.15, -0.1) is 11.6 Å². The molecule has 0 radical (unpaired) electrons. The summed E-state index contributed by atoms with van der Waals surface area (Å²) >= 11 is 5.71. The molecule has 2 nitrogen and oxygen atoms in total. The van der Waals surface area contributed by atoms with Crippen LogP contribution in [0.5, 0.6) is 0 Å². The zero-order valence-electron chi connectivity index (χ0n) is 5.71. The van der Waals surface area contributed by atoms with E-state index < -0.39 is 0 Å². The molecule has 3 heteroatoms. The van der Waals surface area contributed by atoms with Crippen molar-refractivity contribution in [3.8, 4) is 0 Å². The Bertz CT molecular complexity index is 165. The van der Waals surface area contributed by atoms with Crippen molar-refractivity contribution in [1.82, 2.24) is 0 Å². The highest BCUT2D eigenvalue weighted by Gasteiger charge is 2.18. The van der Waals surface area contributed by atoms with Gasteiger partial charge in [-0.3, -0.25) is 4.79 Å². The molecule has 1 aliphatic carbocycles. The molecule has 0 saturated heterocycles. The first-order chi connectivity index (χ1) is 4.68. The Kier molecular flexibility index (Phi) is 2.33. The van der Waals surface area contributed by atoms with Crippen molar-refractivity contribution < 1.29 is 9.53 Å². The van der Waals surface area contributed by atoms with Crippen LogP contribution in [0.15, 0.2) is 12.2 Å². The second-order valence-corrected chi connectivity index (χ2v) is 2.85. The first-order valence-corrected chi connectivity index (χ1v) is 3.62. The summed E-state index contributed by atoms with van der Waals surface area (Å²) < 4.78 is 4.87. The minimum absolute atomic E-state index is 0.0318. The van der Waals surface area contributed by atoms with Crippen LogP contribution in [-0.2, 0) is 9.53 Å². The van der Waals surface area contributed by atoms with Crippen LogP contribution >= 0.6 is 11.6 Å². The Balaban J connectivity index is 2.33. The van der Waals surface area contributed by atoms with E-state index in [1.165, 1.54) is 6.92 Å². The fourth-order valence-corrected chi connectivity index (χ4v) is 1.18. The summed E-state index contributed by atoms with van der Waals surface area (Å²) in [6, 6.07) is 0. The van der Waals surface area contributed by atoms with Crippen LogP contribution in [-0.4, -0.2) is 17.5 Å². The molecule has 10 heavy (non-hydrogen) atoms. The Morgan fingerprint density at radius 3 is 2.80 bits per heavy atom. The van der Waals surface area contributed by atoms with Gasteiger partial charge >= 0.3 is 5.97 Å². The summed E-state index contributed by atoms with van der Waals surface area (Å²) in [7, 11) is 0. The van der Waals surface area contributed by atoms with Crippen molar-refractivity contribution in [2.75, 3.05) is 0 Å². The SMILES string of the molecule is CC(=O)O[C@H]1C=C[C@@H](Cl)C1. The summed E-state index contributed by atoms with van der Waals surface area (Å²) in [6.07, 6.45) is 4.27. The highest BCUT2D eigenvalue weighted by Crippen LogP contribution is 2.18. The summed E-state index contributed by atoms with van der Waals surface area (Å²) in [5.74, 6) is -0.250. The quantitative estimate of drug-likeness (QED) is 0.330. The zero-order valence-corrected chi connectivity index (χ0v) is 6.47. The van der Waals surface area contributed by atoms with Crippen LogP contribution in [0.4, 0.5) is 0 Å². The molecule has 56 valence electrons. The Hall–Kier alpha value is -0.500. The number of esters is 1. The molecule has 1 aliphatic rings. The van der Waals surface area contributed by atoms with Crippen molar-refractivity contribution in [2.24, 2.45) is 0 Å².